The highest BCUT2D eigenvalue weighted by molar-refractivity contribution is 6.09. The van der Waals surface area contributed by atoms with Crippen LogP contribution >= 0.6 is 0 Å². The first-order valence-electron chi connectivity index (χ1n) is 14.8. The molecule has 0 spiro atoms. The topological polar surface area (TPSA) is 33.5 Å². The number of hydrogen-bond donors (Lipinski definition) is 0. The lowest BCUT2D eigenvalue weighted by Gasteiger charge is -2.23. The molecule has 0 saturated heterocycles. The molecule has 6 aromatic rings. The Kier molecular flexibility index (Phi) is 6.46. The number of pyridine rings is 1. The first-order chi connectivity index (χ1) is 20.7. The summed E-state index contributed by atoms with van der Waals surface area (Å²) in [5.74, 6) is 2.49. The van der Waals surface area contributed by atoms with E-state index in [9.17, 15) is 0 Å². The standard InChI is InChI=1S/C38H36N4O/c1-26-13-14-27(2)35(21-26)41-20-19-40(25-41)29-9-8-10-30(23-29)43-31-15-16-33-32-11-6-7-12-34(32)42(36(33)24-31)37-22-28(17-18-39-37)38(3,4)5/h6-24H,25H2,1-5H3. The van der Waals surface area contributed by atoms with Crippen LogP contribution in [-0.4, -0.2) is 16.2 Å². The van der Waals surface area contributed by atoms with Crippen LogP contribution in [0.25, 0.3) is 27.6 Å². The van der Waals surface area contributed by atoms with Gasteiger partial charge in [-0.1, -0.05) is 57.2 Å². The summed E-state index contributed by atoms with van der Waals surface area (Å²) in [6, 6.07) is 34.1. The van der Waals surface area contributed by atoms with E-state index in [1.54, 1.807) is 0 Å². The molecule has 1 aliphatic heterocycles. The van der Waals surface area contributed by atoms with Gasteiger partial charge in [-0.05, 0) is 84.5 Å². The third-order valence-corrected chi connectivity index (χ3v) is 8.28. The predicted octanol–water partition coefficient (Wildman–Crippen LogP) is 9.64. The molecule has 3 heterocycles. The zero-order valence-electron chi connectivity index (χ0n) is 25.4. The first-order valence-corrected chi connectivity index (χ1v) is 14.8. The number of benzene rings is 4. The van der Waals surface area contributed by atoms with E-state index in [0.29, 0.717) is 0 Å². The fraction of sp³-hybridized carbons (Fsp3) is 0.184. The first kappa shape index (κ1) is 26.8. The van der Waals surface area contributed by atoms with Crippen molar-refractivity contribution in [1.82, 2.24) is 9.55 Å². The van der Waals surface area contributed by atoms with Crippen molar-refractivity contribution in [3.8, 4) is 17.3 Å². The van der Waals surface area contributed by atoms with Gasteiger partial charge in [-0.25, -0.2) is 4.98 Å². The number of anilines is 2. The van der Waals surface area contributed by atoms with Crippen LogP contribution in [0.3, 0.4) is 0 Å². The van der Waals surface area contributed by atoms with Crippen molar-refractivity contribution >= 4 is 33.2 Å². The molecule has 0 saturated carbocycles. The minimum absolute atomic E-state index is 0.0240. The summed E-state index contributed by atoms with van der Waals surface area (Å²) in [5, 5.41) is 2.37. The summed E-state index contributed by atoms with van der Waals surface area (Å²) in [4.78, 5) is 9.33. The number of fused-ring (bicyclic) bond motifs is 3. The largest absolute Gasteiger partial charge is 0.457 e. The molecule has 0 radical (unpaired) electrons. The SMILES string of the molecule is Cc1ccc(C)c(N2C=CN(c3cccc(Oc4ccc5c6ccccc6n(-c6cc(C(C)(C)C)ccn6)c5c4)c3)C2)c1. The molecule has 1 aliphatic rings. The van der Waals surface area contributed by atoms with Crippen molar-refractivity contribution in [1.29, 1.82) is 0 Å². The lowest BCUT2D eigenvalue weighted by Crippen LogP contribution is -2.25. The lowest BCUT2D eigenvalue weighted by molar-refractivity contribution is 0.483. The molecule has 0 amide bonds. The van der Waals surface area contributed by atoms with Crippen molar-refractivity contribution < 1.29 is 4.74 Å². The van der Waals surface area contributed by atoms with Gasteiger partial charge in [0.05, 0.1) is 17.7 Å². The number of aromatic nitrogens is 2. The fourth-order valence-electron chi connectivity index (χ4n) is 5.90. The molecule has 5 heteroatoms. The lowest BCUT2D eigenvalue weighted by atomic mass is 9.88. The maximum Gasteiger partial charge on any atom is 0.137 e. The molecule has 214 valence electrons. The minimum atomic E-state index is 0.0240. The van der Waals surface area contributed by atoms with Crippen molar-refractivity contribution in [2.75, 3.05) is 16.5 Å². The molecule has 7 rings (SSSR count). The highest BCUT2D eigenvalue weighted by atomic mass is 16.5. The fourth-order valence-corrected chi connectivity index (χ4v) is 5.90. The van der Waals surface area contributed by atoms with Gasteiger partial charge in [0.2, 0.25) is 0 Å². The smallest absolute Gasteiger partial charge is 0.137 e. The van der Waals surface area contributed by atoms with Crippen molar-refractivity contribution in [3.05, 3.63) is 132 Å². The third-order valence-electron chi connectivity index (χ3n) is 8.28. The van der Waals surface area contributed by atoms with Crippen LogP contribution in [0.2, 0.25) is 0 Å². The van der Waals surface area contributed by atoms with E-state index < -0.39 is 0 Å². The van der Waals surface area contributed by atoms with Gasteiger partial charge in [0.15, 0.2) is 0 Å². The van der Waals surface area contributed by atoms with Gasteiger partial charge < -0.3 is 14.5 Å². The Morgan fingerprint density at radius 3 is 2.35 bits per heavy atom. The molecule has 5 nitrogen and oxygen atoms in total. The van der Waals surface area contributed by atoms with E-state index in [1.165, 1.54) is 33.2 Å². The van der Waals surface area contributed by atoms with Gasteiger partial charge in [-0.2, -0.15) is 0 Å². The van der Waals surface area contributed by atoms with Crippen molar-refractivity contribution in [2.45, 2.75) is 40.0 Å². The summed E-state index contributed by atoms with van der Waals surface area (Å²) in [6.45, 7) is 11.7. The molecule has 4 aromatic carbocycles. The van der Waals surface area contributed by atoms with Crippen LogP contribution in [0, 0.1) is 13.8 Å². The van der Waals surface area contributed by atoms with Crippen LogP contribution in [0.15, 0.2) is 116 Å². The highest BCUT2D eigenvalue weighted by Gasteiger charge is 2.20. The van der Waals surface area contributed by atoms with Gasteiger partial charge in [0.1, 0.15) is 17.3 Å². The molecular formula is C38H36N4O. The minimum Gasteiger partial charge on any atom is -0.457 e. The number of para-hydroxylation sites is 1. The number of hydrogen-bond acceptors (Lipinski definition) is 4. The average Bonchev–Trinajstić information content (AvgIpc) is 3.61. The predicted molar refractivity (Wildman–Crippen MR) is 179 cm³/mol. The van der Waals surface area contributed by atoms with Crippen LogP contribution in [0.4, 0.5) is 11.4 Å². The third kappa shape index (κ3) is 5.01. The monoisotopic (exact) mass is 564 g/mol. The molecule has 43 heavy (non-hydrogen) atoms. The van der Waals surface area contributed by atoms with Crippen LogP contribution in [-0.2, 0) is 5.41 Å². The second-order valence-corrected chi connectivity index (χ2v) is 12.5. The van der Waals surface area contributed by atoms with Gasteiger partial charge in [0.25, 0.3) is 0 Å². The van der Waals surface area contributed by atoms with Gasteiger partial charge >= 0.3 is 0 Å². The zero-order valence-corrected chi connectivity index (χ0v) is 25.4. The Labute approximate surface area is 253 Å². The van der Waals surface area contributed by atoms with Gasteiger partial charge in [0, 0.05) is 52.9 Å². The number of rotatable bonds is 5. The van der Waals surface area contributed by atoms with E-state index in [1.807, 2.05) is 12.3 Å². The molecule has 0 unspecified atom stereocenters. The van der Waals surface area contributed by atoms with Crippen molar-refractivity contribution in [3.63, 3.8) is 0 Å². The summed E-state index contributed by atoms with van der Waals surface area (Å²) in [7, 11) is 0. The van der Waals surface area contributed by atoms with E-state index in [-0.39, 0.29) is 5.41 Å². The van der Waals surface area contributed by atoms with Crippen LogP contribution in [0.1, 0.15) is 37.5 Å². The second-order valence-electron chi connectivity index (χ2n) is 12.5. The summed E-state index contributed by atoms with van der Waals surface area (Å²) in [6.07, 6.45) is 6.19. The van der Waals surface area contributed by atoms with Crippen LogP contribution < -0.4 is 14.5 Å². The van der Waals surface area contributed by atoms with Gasteiger partial charge in [-0.15, -0.1) is 0 Å². The Hall–Kier alpha value is -5.03. The molecular weight excluding hydrogens is 528 g/mol. The Bertz CT molecular complexity index is 2010. The van der Waals surface area contributed by atoms with E-state index >= 15 is 0 Å². The molecule has 0 fully saturated rings. The molecule has 0 aliphatic carbocycles. The maximum atomic E-state index is 6.50. The Morgan fingerprint density at radius 1 is 0.698 bits per heavy atom. The zero-order chi connectivity index (χ0) is 29.7. The number of nitrogens with zero attached hydrogens (tertiary/aromatic N) is 4. The van der Waals surface area contributed by atoms with E-state index in [4.69, 9.17) is 9.72 Å². The molecule has 0 N–H and O–H groups in total. The Morgan fingerprint density at radius 2 is 1.49 bits per heavy atom. The highest BCUT2D eigenvalue weighted by Crippen LogP contribution is 2.36. The molecule has 0 bridgehead atoms. The van der Waals surface area contributed by atoms with Crippen molar-refractivity contribution in [2.24, 2.45) is 0 Å². The quantitative estimate of drug-likeness (QED) is 0.209. The number of aryl methyl sites for hydroxylation is 2. The van der Waals surface area contributed by atoms with E-state index in [2.05, 4.69) is 152 Å². The molecule has 2 aromatic heterocycles. The second kappa shape index (κ2) is 10.4. The summed E-state index contributed by atoms with van der Waals surface area (Å²) >= 11 is 0. The van der Waals surface area contributed by atoms with Gasteiger partial charge in [-0.3, -0.25) is 4.57 Å². The normalized spacial score (nSPS) is 13.4. The van der Waals surface area contributed by atoms with E-state index in [0.717, 1.165) is 40.7 Å². The Balaban J connectivity index is 1.21. The van der Waals surface area contributed by atoms with Crippen LogP contribution in [0.5, 0.6) is 11.5 Å². The summed E-state index contributed by atoms with van der Waals surface area (Å²) in [5.41, 5.74) is 8.32. The maximum absolute atomic E-state index is 6.50. The molecule has 0 atom stereocenters. The summed E-state index contributed by atoms with van der Waals surface area (Å²) < 4.78 is 8.75. The number of ether oxygens (including phenoxy) is 1. The average molecular weight is 565 g/mol.